The van der Waals surface area contributed by atoms with Crippen molar-refractivity contribution >= 4 is 5.91 Å². The van der Waals surface area contributed by atoms with Gasteiger partial charge in [0, 0.05) is 18.7 Å². The first-order valence-corrected chi connectivity index (χ1v) is 5.17. The van der Waals surface area contributed by atoms with Crippen molar-refractivity contribution in [3.8, 4) is 0 Å². The van der Waals surface area contributed by atoms with Crippen LogP contribution in [0.4, 0.5) is 0 Å². The molecule has 1 saturated heterocycles. The van der Waals surface area contributed by atoms with Crippen molar-refractivity contribution in [1.29, 1.82) is 0 Å². The van der Waals surface area contributed by atoms with Crippen LogP contribution in [-0.2, 0) is 4.79 Å². The highest BCUT2D eigenvalue weighted by Gasteiger charge is 2.24. The summed E-state index contributed by atoms with van der Waals surface area (Å²) in [6, 6.07) is 0.303. The molecule has 2 aliphatic carbocycles. The first-order chi connectivity index (χ1) is 7.34. The van der Waals surface area contributed by atoms with E-state index in [2.05, 4.69) is 10.6 Å². The predicted molar refractivity (Wildman–Crippen MR) is 58.2 cm³/mol. The second-order valence-corrected chi connectivity index (χ2v) is 3.97. The molecule has 2 N–H and O–H groups in total. The number of rotatable bonds is 2. The molecule has 1 amide bonds. The Morgan fingerprint density at radius 3 is 2.93 bits per heavy atom. The molecule has 0 saturated carbocycles. The monoisotopic (exact) mass is 200 g/mol. The molecule has 1 aliphatic heterocycles. The van der Waals surface area contributed by atoms with Crippen molar-refractivity contribution < 1.29 is 4.79 Å². The normalized spacial score (nSPS) is 22.8. The zero-order valence-electron chi connectivity index (χ0n) is 8.29. The van der Waals surface area contributed by atoms with Gasteiger partial charge in [0.2, 0.25) is 0 Å². The number of amides is 1. The van der Waals surface area contributed by atoms with Gasteiger partial charge in [-0.25, -0.2) is 0 Å². The Balaban J connectivity index is 1.79. The molecule has 3 nitrogen and oxygen atoms in total. The van der Waals surface area contributed by atoms with Crippen LogP contribution in [0.2, 0.25) is 0 Å². The van der Waals surface area contributed by atoms with Gasteiger partial charge in [-0.05, 0) is 17.2 Å². The highest BCUT2D eigenvalue weighted by atomic mass is 16.1. The van der Waals surface area contributed by atoms with Crippen LogP contribution in [0.15, 0.2) is 47.1 Å². The minimum absolute atomic E-state index is 0.0442. The molecule has 3 heteroatoms. The summed E-state index contributed by atoms with van der Waals surface area (Å²) in [6.07, 6.45) is 9.88. The number of allylic oxidation sites excluding steroid dienone is 6. The van der Waals surface area contributed by atoms with Gasteiger partial charge in [0.1, 0.15) is 0 Å². The van der Waals surface area contributed by atoms with E-state index in [0.717, 1.165) is 29.8 Å². The molecule has 0 aromatic carbocycles. The van der Waals surface area contributed by atoms with E-state index in [1.165, 1.54) is 0 Å². The fourth-order valence-corrected chi connectivity index (χ4v) is 1.94. The van der Waals surface area contributed by atoms with Crippen molar-refractivity contribution in [3.63, 3.8) is 0 Å². The Kier molecular flexibility index (Phi) is 1.86. The van der Waals surface area contributed by atoms with Crippen LogP contribution in [-0.4, -0.2) is 25.0 Å². The van der Waals surface area contributed by atoms with Gasteiger partial charge in [0.05, 0.1) is 6.04 Å². The lowest BCUT2D eigenvalue weighted by Gasteiger charge is -2.28. The molecule has 0 aromatic heterocycles. The summed E-state index contributed by atoms with van der Waals surface area (Å²) >= 11 is 0. The third kappa shape index (κ3) is 1.36. The van der Waals surface area contributed by atoms with Gasteiger partial charge in [0.25, 0.3) is 5.91 Å². The second-order valence-electron chi connectivity index (χ2n) is 3.97. The smallest absolute Gasteiger partial charge is 0.252 e. The zero-order valence-corrected chi connectivity index (χ0v) is 8.29. The maximum Gasteiger partial charge on any atom is 0.252 e. The maximum absolute atomic E-state index is 11.9. The number of nitrogens with one attached hydrogen (secondary N) is 2. The molecule has 0 unspecified atom stereocenters. The molecular weight excluding hydrogens is 188 g/mol. The van der Waals surface area contributed by atoms with Crippen LogP contribution in [0.1, 0.15) is 0 Å². The lowest BCUT2D eigenvalue weighted by atomic mass is 10.1. The minimum Gasteiger partial charge on any atom is -0.347 e. The average molecular weight is 200 g/mol. The minimum atomic E-state index is 0.0442. The Bertz CT molecular complexity index is 437. The summed E-state index contributed by atoms with van der Waals surface area (Å²) in [4.78, 5) is 11.9. The molecule has 1 fully saturated rings. The standard InChI is InChI=1S/C12H12N2O/c15-12(14-9-6-13-7-9)11-5-4-8-2-1-3-10(8)11/h1-5,9,13H,6-7H2,(H,14,15). The lowest BCUT2D eigenvalue weighted by molar-refractivity contribution is -0.118. The number of hydrogen-bond acceptors (Lipinski definition) is 2. The van der Waals surface area contributed by atoms with E-state index in [4.69, 9.17) is 0 Å². The van der Waals surface area contributed by atoms with Crippen LogP contribution >= 0.6 is 0 Å². The third-order valence-electron chi connectivity index (χ3n) is 2.93. The van der Waals surface area contributed by atoms with Gasteiger partial charge < -0.3 is 10.6 Å². The van der Waals surface area contributed by atoms with Crippen molar-refractivity contribution in [1.82, 2.24) is 10.6 Å². The van der Waals surface area contributed by atoms with E-state index < -0.39 is 0 Å². The van der Waals surface area contributed by atoms with Crippen molar-refractivity contribution in [2.45, 2.75) is 6.04 Å². The van der Waals surface area contributed by atoms with E-state index in [0.29, 0.717) is 6.04 Å². The van der Waals surface area contributed by atoms with E-state index in [1.54, 1.807) is 0 Å². The quantitative estimate of drug-likeness (QED) is 0.679. The first-order valence-electron chi connectivity index (χ1n) is 5.17. The molecule has 15 heavy (non-hydrogen) atoms. The topological polar surface area (TPSA) is 41.1 Å². The lowest BCUT2D eigenvalue weighted by Crippen LogP contribution is -2.57. The predicted octanol–water partition coefficient (Wildman–Crippen LogP) is 0.437. The van der Waals surface area contributed by atoms with E-state index >= 15 is 0 Å². The second kappa shape index (κ2) is 3.21. The van der Waals surface area contributed by atoms with Gasteiger partial charge in [0.15, 0.2) is 0 Å². The van der Waals surface area contributed by atoms with E-state index in [-0.39, 0.29) is 5.91 Å². The van der Waals surface area contributed by atoms with Crippen LogP contribution in [0, 0.1) is 0 Å². The maximum atomic E-state index is 11.9. The summed E-state index contributed by atoms with van der Waals surface area (Å²) in [5.41, 5.74) is 2.99. The SMILES string of the molecule is O=C(NC1CNC1)C1=C2C=CC=C2C=C1. The number of carbonyl (C=O) groups is 1. The van der Waals surface area contributed by atoms with Crippen LogP contribution in [0.25, 0.3) is 0 Å². The van der Waals surface area contributed by atoms with Crippen molar-refractivity contribution in [2.24, 2.45) is 0 Å². The Morgan fingerprint density at radius 1 is 1.33 bits per heavy atom. The van der Waals surface area contributed by atoms with Crippen LogP contribution < -0.4 is 10.6 Å². The third-order valence-corrected chi connectivity index (χ3v) is 2.93. The Morgan fingerprint density at radius 2 is 2.20 bits per heavy atom. The molecule has 3 aliphatic rings. The van der Waals surface area contributed by atoms with Gasteiger partial charge in [-0.3, -0.25) is 4.79 Å². The molecular formula is C12H12N2O. The summed E-state index contributed by atoms with van der Waals surface area (Å²) in [7, 11) is 0. The molecule has 1 heterocycles. The molecule has 0 aromatic rings. The number of hydrogen-bond donors (Lipinski definition) is 2. The van der Waals surface area contributed by atoms with E-state index in [1.807, 2.05) is 30.4 Å². The molecule has 3 rings (SSSR count). The summed E-state index contributed by atoms with van der Waals surface area (Å²) in [5, 5.41) is 6.13. The molecule has 76 valence electrons. The molecule has 0 radical (unpaired) electrons. The van der Waals surface area contributed by atoms with Gasteiger partial charge in [-0.2, -0.15) is 0 Å². The highest BCUT2D eigenvalue weighted by Crippen LogP contribution is 2.29. The number of fused-ring (bicyclic) bond motifs is 1. The molecule has 0 bridgehead atoms. The Hall–Kier alpha value is -1.61. The van der Waals surface area contributed by atoms with Gasteiger partial charge >= 0.3 is 0 Å². The fourth-order valence-electron chi connectivity index (χ4n) is 1.94. The zero-order chi connectivity index (χ0) is 10.3. The number of carbonyl (C=O) groups excluding carboxylic acids is 1. The first kappa shape index (κ1) is 8.68. The van der Waals surface area contributed by atoms with Crippen molar-refractivity contribution in [2.75, 3.05) is 13.1 Å². The summed E-state index contributed by atoms with van der Waals surface area (Å²) in [5.74, 6) is 0.0442. The van der Waals surface area contributed by atoms with Gasteiger partial charge in [-0.1, -0.05) is 24.3 Å². The molecule has 0 spiro atoms. The Labute approximate surface area is 88.2 Å². The highest BCUT2D eigenvalue weighted by molar-refractivity contribution is 6.00. The van der Waals surface area contributed by atoms with E-state index in [9.17, 15) is 4.79 Å². The van der Waals surface area contributed by atoms with Crippen LogP contribution in [0.3, 0.4) is 0 Å². The van der Waals surface area contributed by atoms with Crippen LogP contribution in [0.5, 0.6) is 0 Å². The summed E-state index contributed by atoms with van der Waals surface area (Å²) in [6.45, 7) is 1.77. The average Bonchev–Trinajstić information content (AvgIpc) is 2.71. The molecule has 0 atom stereocenters. The van der Waals surface area contributed by atoms with Crippen molar-refractivity contribution in [3.05, 3.63) is 47.1 Å². The van der Waals surface area contributed by atoms with Gasteiger partial charge in [-0.15, -0.1) is 0 Å². The largest absolute Gasteiger partial charge is 0.347 e. The fraction of sp³-hybridized carbons (Fsp3) is 0.250. The summed E-state index contributed by atoms with van der Waals surface area (Å²) < 4.78 is 0.